The van der Waals surface area contributed by atoms with Gasteiger partial charge in [-0.05, 0) is 43.0 Å². The van der Waals surface area contributed by atoms with Crippen LogP contribution in [0.25, 0.3) is 21.9 Å². The van der Waals surface area contributed by atoms with Crippen molar-refractivity contribution < 1.29 is 33.8 Å². The van der Waals surface area contributed by atoms with Crippen LogP contribution in [-0.2, 0) is 16.1 Å². The van der Waals surface area contributed by atoms with E-state index in [2.05, 4.69) is 10.3 Å². The Bertz CT molecular complexity index is 1620. The minimum atomic E-state index is -2.50. The van der Waals surface area contributed by atoms with Crippen LogP contribution in [0, 0.1) is 11.3 Å². The van der Waals surface area contributed by atoms with Crippen molar-refractivity contribution >= 4 is 39.6 Å². The van der Waals surface area contributed by atoms with Crippen LogP contribution in [0.4, 0.5) is 0 Å². The molecule has 0 bridgehead atoms. The summed E-state index contributed by atoms with van der Waals surface area (Å²) in [4.78, 5) is 50.7. The zero-order valence-corrected chi connectivity index (χ0v) is 21.7. The lowest BCUT2D eigenvalue weighted by molar-refractivity contribution is -0.165. The van der Waals surface area contributed by atoms with Gasteiger partial charge in [-0.1, -0.05) is 43.0 Å². The Kier molecular flexibility index (Phi) is 7.63. The van der Waals surface area contributed by atoms with Crippen LogP contribution in [-0.4, -0.2) is 49.5 Å². The minimum absolute atomic E-state index is 0.0713. The number of furan rings is 1. The van der Waals surface area contributed by atoms with Gasteiger partial charge in [-0.15, -0.1) is 5.10 Å². The highest BCUT2D eigenvalue weighted by Crippen LogP contribution is 2.34. The number of carboxylic acids is 2. The second kappa shape index (κ2) is 11.3. The molecule has 0 amide bonds. The Balaban J connectivity index is 1.33. The van der Waals surface area contributed by atoms with Gasteiger partial charge in [0.05, 0.1) is 17.6 Å². The number of hydrogen-bond donors (Lipinski definition) is 2. The average Bonchev–Trinajstić information content (AvgIpc) is 3.61. The van der Waals surface area contributed by atoms with Gasteiger partial charge in [0.1, 0.15) is 23.1 Å². The predicted octanol–water partition coefficient (Wildman–Crippen LogP) is 4.32. The molecule has 11 nitrogen and oxygen atoms in total. The van der Waals surface area contributed by atoms with E-state index in [-0.39, 0.29) is 17.5 Å². The molecular formula is C29H29N3O8. The number of aromatic nitrogens is 3. The highest BCUT2D eigenvalue weighted by atomic mass is 16.5. The summed E-state index contributed by atoms with van der Waals surface area (Å²) in [6.45, 7) is 0.212. The topological polar surface area (TPSA) is 162 Å². The maximum atomic E-state index is 13.3. The number of rotatable bonds is 12. The molecule has 5 rings (SSSR count). The van der Waals surface area contributed by atoms with Crippen molar-refractivity contribution in [1.29, 1.82) is 0 Å². The number of benzene rings is 2. The normalized spacial score (nSPS) is 14.1. The van der Waals surface area contributed by atoms with Crippen LogP contribution < -0.4 is 10.3 Å². The van der Waals surface area contributed by atoms with Gasteiger partial charge in [0, 0.05) is 24.4 Å². The molecule has 0 unspecified atom stereocenters. The van der Waals surface area contributed by atoms with E-state index in [0.29, 0.717) is 34.8 Å². The maximum Gasteiger partial charge on any atom is 0.321 e. The van der Waals surface area contributed by atoms with Crippen molar-refractivity contribution in [2.75, 3.05) is 6.61 Å². The van der Waals surface area contributed by atoms with Gasteiger partial charge < -0.3 is 19.4 Å². The molecule has 11 heteroatoms. The van der Waals surface area contributed by atoms with E-state index in [4.69, 9.17) is 9.15 Å². The molecule has 1 aliphatic rings. The molecule has 2 N–H and O–H groups in total. The fourth-order valence-electron chi connectivity index (χ4n) is 5.34. The summed E-state index contributed by atoms with van der Waals surface area (Å²) in [6.07, 6.45) is 5.75. The van der Waals surface area contributed by atoms with Crippen LogP contribution >= 0.6 is 0 Å². The molecule has 1 fully saturated rings. The number of carboxylic acid groups (broad SMARTS) is 2. The summed E-state index contributed by atoms with van der Waals surface area (Å²) < 4.78 is 12.3. The fraction of sp³-hybridized carbons (Fsp3) is 0.379. The molecule has 2 aromatic heterocycles. The largest absolute Gasteiger partial charge is 0.493 e. The Hall–Kier alpha value is -4.54. The molecule has 0 saturated heterocycles. The Morgan fingerprint density at radius 1 is 1.05 bits per heavy atom. The number of Topliss-reactive ketones (excluding diaryl/α,β-unsaturated/α-hetero) is 1. The van der Waals surface area contributed by atoms with Crippen LogP contribution in [0.5, 0.6) is 5.75 Å². The molecule has 0 aliphatic heterocycles. The lowest BCUT2D eigenvalue weighted by Gasteiger charge is -2.24. The lowest BCUT2D eigenvalue weighted by atomic mass is 9.78. The third-order valence-electron chi connectivity index (χ3n) is 7.78. The van der Waals surface area contributed by atoms with E-state index < -0.39 is 41.5 Å². The van der Waals surface area contributed by atoms with Crippen molar-refractivity contribution in [1.82, 2.24) is 15.0 Å². The summed E-state index contributed by atoms with van der Waals surface area (Å²) in [5.74, 6) is -2.82. The van der Waals surface area contributed by atoms with Gasteiger partial charge in [-0.25, -0.2) is 4.68 Å². The molecule has 1 saturated carbocycles. The molecule has 208 valence electrons. The SMILES string of the molecule is O=C(CC(CCn1nnc2ccccc2c1=O)(C(=O)O)C(=O)O)c1coc2cc(OCCC3CCCC3)ccc12. The second-order valence-corrected chi connectivity index (χ2v) is 10.3. The van der Waals surface area contributed by atoms with Gasteiger partial charge >= 0.3 is 11.9 Å². The van der Waals surface area contributed by atoms with Crippen LogP contribution in [0.15, 0.2) is 57.9 Å². The molecule has 0 spiro atoms. The fourth-order valence-corrected chi connectivity index (χ4v) is 5.34. The number of carbonyl (C=O) groups excluding carboxylic acids is 1. The molecule has 2 heterocycles. The predicted molar refractivity (Wildman–Crippen MR) is 143 cm³/mol. The first kappa shape index (κ1) is 27.0. The van der Waals surface area contributed by atoms with Gasteiger partial charge in [0.15, 0.2) is 11.2 Å². The standard InChI is InChI=1S/C29H29N3O8/c33-24(22-17-40-25-15-19(9-10-20(22)25)39-14-11-18-5-1-2-6-18)16-29(27(35)36,28(37)38)12-13-32-26(34)21-7-3-4-8-23(21)30-31-32/h3-4,7-10,15,17-18H,1-2,5-6,11-14,16H2,(H,35,36)(H,37,38). The number of fused-ring (bicyclic) bond motifs is 2. The quantitative estimate of drug-likeness (QED) is 0.193. The highest BCUT2D eigenvalue weighted by molar-refractivity contribution is 6.11. The zero-order valence-electron chi connectivity index (χ0n) is 21.7. The number of aliphatic carboxylic acids is 2. The van der Waals surface area contributed by atoms with Crippen molar-refractivity contribution in [3.63, 3.8) is 0 Å². The molecule has 2 aromatic carbocycles. The number of ketones is 1. The monoisotopic (exact) mass is 547 g/mol. The summed E-state index contributed by atoms with van der Waals surface area (Å²) in [6, 6.07) is 11.5. The molecule has 4 aromatic rings. The molecular weight excluding hydrogens is 518 g/mol. The molecule has 1 aliphatic carbocycles. The number of nitrogens with zero attached hydrogens (tertiary/aromatic N) is 3. The highest BCUT2D eigenvalue weighted by Gasteiger charge is 2.48. The first-order valence-electron chi connectivity index (χ1n) is 13.2. The van der Waals surface area contributed by atoms with Crippen LogP contribution in [0.3, 0.4) is 0 Å². The van der Waals surface area contributed by atoms with Gasteiger partial charge in [0.2, 0.25) is 0 Å². The van der Waals surface area contributed by atoms with Gasteiger partial charge in [0.25, 0.3) is 5.56 Å². The average molecular weight is 548 g/mol. The van der Waals surface area contributed by atoms with E-state index in [1.54, 1.807) is 42.5 Å². The number of ether oxygens (including phenoxy) is 1. The Morgan fingerprint density at radius 2 is 1.80 bits per heavy atom. The number of aryl methyl sites for hydroxylation is 1. The van der Waals surface area contributed by atoms with Gasteiger partial charge in [-0.3, -0.25) is 19.2 Å². The summed E-state index contributed by atoms with van der Waals surface area (Å²) in [5.41, 5.74) is -2.24. The third kappa shape index (κ3) is 5.31. The summed E-state index contributed by atoms with van der Waals surface area (Å²) >= 11 is 0. The van der Waals surface area contributed by atoms with E-state index >= 15 is 0 Å². The van der Waals surface area contributed by atoms with E-state index in [0.717, 1.165) is 11.1 Å². The molecule has 0 radical (unpaired) electrons. The van der Waals surface area contributed by atoms with Crippen LogP contribution in [0.1, 0.15) is 55.3 Å². The second-order valence-electron chi connectivity index (χ2n) is 10.3. The maximum absolute atomic E-state index is 13.3. The summed E-state index contributed by atoms with van der Waals surface area (Å²) in [7, 11) is 0. The van der Waals surface area contributed by atoms with Crippen molar-refractivity contribution in [3.05, 3.63) is 64.6 Å². The molecule has 0 atom stereocenters. The van der Waals surface area contributed by atoms with E-state index in [9.17, 15) is 29.4 Å². The van der Waals surface area contributed by atoms with Gasteiger partial charge in [-0.2, -0.15) is 0 Å². The van der Waals surface area contributed by atoms with Crippen molar-refractivity contribution in [3.8, 4) is 5.75 Å². The van der Waals surface area contributed by atoms with Crippen LogP contribution in [0.2, 0.25) is 0 Å². The lowest BCUT2D eigenvalue weighted by Crippen LogP contribution is -2.43. The Labute approximate surface area is 228 Å². The van der Waals surface area contributed by atoms with Crippen molar-refractivity contribution in [2.24, 2.45) is 11.3 Å². The zero-order chi connectivity index (χ0) is 28.3. The van der Waals surface area contributed by atoms with Crippen molar-refractivity contribution in [2.45, 2.75) is 51.5 Å². The van der Waals surface area contributed by atoms with E-state index in [1.165, 1.54) is 31.9 Å². The first-order valence-corrected chi connectivity index (χ1v) is 13.2. The number of carbonyl (C=O) groups is 3. The smallest absolute Gasteiger partial charge is 0.321 e. The summed E-state index contributed by atoms with van der Waals surface area (Å²) in [5, 5.41) is 28.4. The number of hydrogen-bond acceptors (Lipinski definition) is 8. The van der Waals surface area contributed by atoms with E-state index in [1.807, 2.05) is 0 Å². The third-order valence-corrected chi connectivity index (χ3v) is 7.78. The first-order chi connectivity index (χ1) is 19.3. The molecule has 40 heavy (non-hydrogen) atoms. The minimum Gasteiger partial charge on any atom is -0.493 e. The Morgan fingerprint density at radius 3 is 2.55 bits per heavy atom.